The van der Waals surface area contributed by atoms with Crippen LogP contribution in [0.2, 0.25) is 0 Å². The van der Waals surface area contributed by atoms with Gasteiger partial charge in [0.25, 0.3) is 5.91 Å². The largest absolute Gasteiger partial charge is 0.366 e. The fourth-order valence-corrected chi connectivity index (χ4v) is 1.03. The number of aromatic nitrogens is 5. The minimum atomic E-state index is -0.439. The number of H-pyrrole nitrogens is 2. The van der Waals surface area contributed by atoms with E-state index in [0.717, 1.165) is 5.69 Å². The molecule has 2 rings (SSSR count). The lowest BCUT2D eigenvalue weighted by Gasteiger charge is -1.95. The van der Waals surface area contributed by atoms with Crippen LogP contribution in [0.1, 0.15) is 16.3 Å². The van der Waals surface area contributed by atoms with Crippen molar-refractivity contribution in [1.82, 2.24) is 25.4 Å². The smallest absolute Gasteiger partial charge is 0.294 e. The molecular weight excluding hydrogens is 198 g/mol. The molecule has 1 amide bonds. The van der Waals surface area contributed by atoms with Crippen molar-refractivity contribution in [3.63, 3.8) is 0 Å². The van der Waals surface area contributed by atoms with E-state index in [1.54, 1.807) is 6.07 Å². The second-order valence-corrected chi connectivity index (χ2v) is 2.93. The van der Waals surface area contributed by atoms with Gasteiger partial charge in [0, 0.05) is 11.8 Å². The number of aromatic amines is 2. The van der Waals surface area contributed by atoms with E-state index in [-0.39, 0.29) is 11.8 Å². The summed E-state index contributed by atoms with van der Waals surface area (Å²) in [7, 11) is 0. The van der Waals surface area contributed by atoms with E-state index < -0.39 is 5.91 Å². The van der Waals surface area contributed by atoms with E-state index in [1.165, 1.54) is 0 Å². The average Bonchev–Trinajstić information content (AvgIpc) is 2.75. The van der Waals surface area contributed by atoms with Crippen LogP contribution in [0.15, 0.2) is 6.07 Å². The molecule has 0 aromatic carbocycles. The van der Waals surface area contributed by atoms with Crippen LogP contribution in [0.3, 0.4) is 0 Å². The molecule has 0 aliphatic rings. The molecular formula is C7H9N7O. The van der Waals surface area contributed by atoms with Gasteiger partial charge in [-0.2, -0.15) is 10.1 Å². The van der Waals surface area contributed by atoms with Gasteiger partial charge in [-0.15, -0.1) is 5.10 Å². The molecule has 0 saturated carbocycles. The number of nitrogens with zero attached hydrogens (tertiary/aromatic N) is 3. The molecule has 78 valence electrons. The molecule has 8 nitrogen and oxygen atoms in total. The number of aryl methyl sites for hydroxylation is 1. The van der Waals surface area contributed by atoms with Gasteiger partial charge in [-0.3, -0.25) is 15.0 Å². The molecule has 2 aromatic rings. The van der Waals surface area contributed by atoms with Crippen LogP contribution < -0.4 is 11.1 Å². The second-order valence-electron chi connectivity index (χ2n) is 2.93. The molecule has 0 radical (unpaired) electrons. The van der Waals surface area contributed by atoms with Gasteiger partial charge in [0.15, 0.2) is 5.82 Å². The number of nitrogen functional groups attached to an aromatic ring is 1. The summed E-state index contributed by atoms with van der Waals surface area (Å²) in [4.78, 5) is 15.2. The number of carbonyl (C=O) groups excluding carboxylic acids is 1. The number of anilines is 2. The van der Waals surface area contributed by atoms with Gasteiger partial charge >= 0.3 is 0 Å². The van der Waals surface area contributed by atoms with Crippen molar-refractivity contribution >= 4 is 17.7 Å². The van der Waals surface area contributed by atoms with Gasteiger partial charge in [0.2, 0.25) is 11.8 Å². The standard InChI is InChI=1S/C7H9N7O/c1-3-2-4(12-11-3)9-6(15)5-10-7(8)14-13-5/h2H,1H3,(H3,8,10,13,14)(H2,9,11,12,15). The summed E-state index contributed by atoms with van der Waals surface area (Å²) in [6.45, 7) is 1.83. The lowest BCUT2D eigenvalue weighted by atomic mass is 10.4. The highest BCUT2D eigenvalue weighted by atomic mass is 16.2. The van der Waals surface area contributed by atoms with Gasteiger partial charge in [-0.25, -0.2) is 0 Å². The van der Waals surface area contributed by atoms with Crippen LogP contribution in [-0.4, -0.2) is 31.3 Å². The maximum absolute atomic E-state index is 11.5. The SMILES string of the molecule is Cc1cc(NC(=O)c2nc(N)n[nH]2)n[nH]1. The number of hydrogen-bond acceptors (Lipinski definition) is 5. The Morgan fingerprint density at radius 1 is 1.47 bits per heavy atom. The van der Waals surface area contributed by atoms with E-state index in [0.29, 0.717) is 5.82 Å². The van der Waals surface area contributed by atoms with Gasteiger partial charge in [-0.1, -0.05) is 0 Å². The molecule has 8 heteroatoms. The molecule has 0 atom stereocenters. The first-order valence-corrected chi connectivity index (χ1v) is 4.16. The van der Waals surface area contributed by atoms with Crippen molar-refractivity contribution in [2.24, 2.45) is 0 Å². The van der Waals surface area contributed by atoms with Crippen molar-refractivity contribution in [3.05, 3.63) is 17.6 Å². The topological polar surface area (TPSA) is 125 Å². The zero-order valence-corrected chi connectivity index (χ0v) is 7.90. The number of nitrogens with two attached hydrogens (primary N) is 1. The quantitative estimate of drug-likeness (QED) is 0.536. The Kier molecular flexibility index (Phi) is 2.08. The first-order valence-electron chi connectivity index (χ1n) is 4.16. The van der Waals surface area contributed by atoms with Crippen molar-refractivity contribution < 1.29 is 4.79 Å². The van der Waals surface area contributed by atoms with Gasteiger partial charge in [0.05, 0.1) is 0 Å². The van der Waals surface area contributed by atoms with Crippen LogP contribution >= 0.6 is 0 Å². The van der Waals surface area contributed by atoms with E-state index in [2.05, 4.69) is 30.7 Å². The predicted octanol–water partition coefficient (Wildman–Crippen LogP) is -0.329. The molecule has 2 aromatic heterocycles. The van der Waals surface area contributed by atoms with Crippen LogP contribution in [0.4, 0.5) is 11.8 Å². The summed E-state index contributed by atoms with van der Waals surface area (Å²) in [5.41, 5.74) is 6.11. The van der Waals surface area contributed by atoms with E-state index in [9.17, 15) is 4.79 Å². The van der Waals surface area contributed by atoms with Crippen LogP contribution in [0, 0.1) is 6.92 Å². The Morgan fingerprint density at radius 3 is 2.80 bits per heavy atom. The molecule has 0 bridgehead atoms. The highest BCUT2D eigenvalue weighted by molar-refractivity contribution is 6.01. The molecule has 2 heterocycles. The fourth-order valence-electron chi connectivity index (χ4n) is 1.03. The molecule has 0 fully saturated rings. The number of nitrogens with one attached hydrogen (secondary N) is 3. The van der Waals surface area contributed by atoms with E-state index >= 15 is 0 Å². The zero-order chi connectivity index (χ0) is 10.8. The summed E-state index contributed by atoms with van der Waals surface area (Å²) < 4.78 is 0. The van der Waals surface area contributed by atoms with Gasteiger partial charge in [-0.05, 0) is 6.92 Å². The molecule has 0 spiro atoms. The minimum Gasteiger partial charge on any atom is -0.366 e. The molecule has 0 unspecified atom stereocenters. The van der Waals surface area contributed by atoms with Crippen molar-refractivity contribution in [3.8, 4) is 0 Å². The Balaban J connectivity index is 2.10. The first kappa shape index (κ1) is 9.19. The third-order valence-electron chi connectivity index (χ3n) is 1.67. The minimum absolute atomic E-state index is 0.0263. The molecule has 15 heavy (non-hydrogen) atoms. The summed E-state index contributed by atoms with van der Waals surface area (Å²) >= 11 is 0. The Hall–Kier alpha value is -2.38. The lowest BCUT2D eigenvalue weighted by Crippen LogP contribution is -2.14. The third-order valence-corrected chi connectivity index (χ3v) is 1.67. The molecule has 0 saturated heterocycles. The first-order chi connectivity index (χ1) is 7.15. The van der Waals surface area contributed by atoms with Crippen molar-refractivity contribution in [1.29, 1.82) is 0 Å². The normalized spacial score (nSPS) is 10.2. The Labute approximate surface area is 84.3 Å². The summed E-state index contributed by atoms with van der Waals surface area (Å²) in [5.74, 6) is 0.0599. The van der Waals surface area contributed by atoms with E-state index in [4.69, 9.17) is 5.73 Å². The van der Waals surface area contributed by atoms with Crippen LogP contribution in [0.5, 0.6) is 0 Å². The maximum Gasteiger partial charge on any atom is 0.294 e. The molecule has 0 aliphatic heterocycles. The van der Waals surface area contributed by atoms with Crippen LogP contribution in [0.25, 0.3) is 0 Å². The summed E-state index contributed by atoms with van der Waals surface area (Å²) in [6.07, 6.45) is 0. The van der Waals surface area contributed by atoms with Crippen molar-refractivity contribution in [2.45, 2.75) is 6.92 Å². The second kappa shape index (κ2) is 3.40. The molecule has 0 aliphatic carbocycles. The zero-order valence-electron chi connectivity index (χ0n) is 7.90. The van der Waals surface area contributed by atoms with Gasteiger partial charge < -0.3 is 11.1 Å². The predicted molar refractivity (Wildman–Crippen MR) is 52.1 cm³/mol. The Bertz CT molecular complexity index is 485. The highest BCUT2D eigenvalue weighted by Crippen LogP contribution is 2.05. The highest BCUT2D eigenvalue weighted by Gasteiger charge is 2.11. The number of hydrogen-bond donors (Lipinski definition) is 4. The lowest BCUT2D eigenvalue weighted by molar-refractivity contribution is 0.101. The summed E-state index contributed by atoms with van der Waals surface area (Å²) in [6, 6.07) is 1.69. The van der Waals surface area contributed by atoms with Gasteiger partial charge in [0.1, 0.15) is 0 Å². The third kappa shape index (κ3) is 1.93. The van der Waals surface area contributed by atoms with E-state index in [1.807, 2.05) is 6.92 Å². The number of amides is 1. The molecule has 5 N–H and O–H groups in total. The van der Waals surface area contributed by atoms with Crippen molar-refractivity contribution in [2.75, 3.05) is 11.1 Å². The average molecular weight is 207 g/mol. The number of rotatable bonds is 2. The monoisotopic (exact) mass is 207 g/mol. The fraction of sp³-hybridized carbons (Fsp3) is 0.143. The maximum atomic E-state index is 11.5. The summed E-state index contributed by atoms with van der Waals surface area (Å²) in [5, 5.41) is 15.0. The van der Waals surface area contributed by atoms with Crippen LogP contribution in [-0.2, 0) is 0 Å². The Morgan fingerprint density at radius 2 is 2.27 bits per heavy atom. The number of carbonyl (C=O) groups is 1.